The molecule has 1 amide bonds. The summed E-state index contributed by atoms with van der Waals surface area (Å²) in [7, 11) is 0. The number of hydrogen-bond donors (Lipinski definition) is 1. The Balaban J connectivity index is 1.96. The van der Waals surface area contributed by atoms with Gasteiger partial charge in [-0.1, -0.05) is 23.8 Å². The highest BCUT2D eigenvalue weighted by Gasteiger charge is 2.20. The number of hydrogen-bond acceptors (Lipinski definition) is 2. The van der Waals surface area contributed by atoms with Gasteiger partial charge >= 0.3 is 0 Å². The second-order valence-corrected chi connectivity index (χ2v) is 4.41. The molecule has 1 saturated heterocycles. The summed E-state index contributed by atoms with van der Waals surface area (Å²) in [4.78, 5) is 11.7. The van der Waals surface area contributed by atoms with Gasteiger partial charge in [0.05, 0.1) is 25.7 Å². The third-order valence-corrected chi connectivity index (χ3v) is 2.86. The molecule has 0 saturated carbocycles. The zero-order valence-corrected chi connectivity index (χ0v) is 9.75. The van der Waals surface area contributed by atoms with E-state index < -0.39 is 0 Å². The molecule has 0 spiro atoms. The molecule has 1 heterocycles. The normalized spacial score (nSPS) is 15.6. The van der Waals surface area contributed by atoms with Gasteiger partial charge in [0, 0.05) is 0 Å². The molecular formula is C13H17NO2. The lowest BCUT2D eigenvalue weighted by Gasteiger charge is -2.26. The standard InChI is InChI=1S/C13H17NO2/c1-9-3-4-10(2)11(5-9)6-13(15)14-12-7-16-8-12/h3-5,12H,6-8H2,1-2H3,(H,14,15). The number of rotatable bonds is 3. The fraction of sp³-hybridized carbons (Fsp3) is 0.462. The summed E-state index contributed by atoms with van der Waals surface area (Å²) in [6, 6.07) is 6.42. The average Bonchev–Trinajstić information content (AvgIpc) is 2.18. The van der Waals surface area contributed by atoms with Crippen LogP contribution in [0.5, 0.6) is 0 Å². The van der Waals surface area contributed by atoms with Crippen molar-refractivity contribution in [2.45, 2.75) is 26.3 Å². The van der Waals surface area contributed by atoms with Crippen LogP contribution >= 0.6 is 0 Å². The van der Waals surface area contributed by atoms with Crippen LogP contribution in [-0.2, 0) is 16.0 Å². The Morgan fingerprint density at radius 1 is 1.44 bits per heavy atom. The fourth-order valence-corrected chi connectivity index (χ4v) is 1.76. The van der Waals surface area contributed by atoms with Crippen LogP contribution in [0.15, 0.2) is 18.2 Å². The third-order valence-electron chi connectivity index (χ3n) is 2.86. The summed E-state index contributed by atoms with van der Waals surface area (Å²) in [6.07, 6.45) is 0.462. The molecule has 16 heavy (non-hydrogen) atoms. The fourth-order valence-electron chi connectivity index (χ4n) is 1.76. The molecule has 1 aliphatic heterocycles. The van der Waals surface area contributed by atoms with Crippen LogP contribution in [0.3, 0.4) is 0 Å². The Bertz CT molecular complexity index is 397. The summed E-state index contributed by atoms with van der Waals surface area (Å²) in [5, 5.41) is 2.95. The highest BCUT2D eigenvalue weighted by Crippen LogP contribution is 2.11. The maximum atomic E-state index is 11.7. The van der Waals surface area contributed by atoms with Crippen molar-refractivity contribution in [2.75, 3.05) is 13.2 Å². The first-order valence-corrected chi connectivity index (χ1v) is 5.58. The minimum atomic E-state index is 0.0852. The molecule has 0 radical (unpaired) electrons. The van der Waals surface area contributed by atoms with E-state index in [-0.39, 0.29) is 11.9 Å². The van der Waals surface area contributed by atoms with E-state index in [1.807, 2.05) is 13.8 Å². The Labute approximate surface area is 95.8 Å². The lowest BCUT2D eigenvalue weighted by molar-refractivity contribution is -0.124. The maximum Gasteiger partial charge on any atom is 0.224 e. The largest absolute Gasteiger partial charge is 0.377 e. The molecule has 3 heteroatoms. The van der Waals surface area contributed by atoms with Gasteiger partial charge in [0.2, 0.25) is 5.91 Å². The van der Waals surface area contributed by atoms with E-state index in [0.717, 1.165) is 5.56 Å². The first kappa shape index (κ1) is 11.1. The van der Waals surface area contributed by atoms with E-state index in [4.69, 9.17) is 4.74 Å². The van der Waals surface area contributed by atoms with Crippen LogP contribution < -0.4 is 5.32 Å². The smallest absolute Gasteiger partial charge is 0.224 e. The quantitative estimate of drug-likeness (QED) is 0.833. The van der Waals surface area contributed by atoms with Gasteiger partial charge in [-0.15, -0.1) is 0 Å². The average molecular weight is 219 g/mol. The Kier molecular flexibility index (Phi) is 3.25. The van der Waals surface area contributed by atoms with Gasteiger partial charge in [-0.3, -0.25) is 4.79 Å². The third kappa shape index (κ3) is 2.61. The molecular weight excluding hydrogens is 202 g/mol. The molecule has 0 bridgehead atoms. The van der Waals surface area contributed by atoms with E-state index in [2.05, 4.69) is 23.5 Å². The highest BCUT2D eigenvalue weighted by atomic mass is 16.5. The molecule has 0 aromatic heterocycles. The van der Waals surface area contributed by atoms with Crippen molar-refractivity contribution in [3.63, 3.8) is 0 Å². The molecule has 3 nitrogen and oxygen atoms in total. The highest BCUT2D eigenvalue weighted by molar-refractivity contribution is 5.79. The monoisotopic (exact) mass is 219 g/mol. The van der Waals surface area contributed by atoms with E-state index >= 15 is 0 Å². The van der Waals surface area contributed by atoms with Crippen LogP contribution in [-0.4, -0.2) is 25.2 Å². The molecule has 86 valence electrons. The van der Waals surface area contributed by atoms with Gasteiger partial charge in [-0.05, 0) is 25.0 Å². The Morgan fingerprint density at radius 3 is 2.81 bits per heavy atom. The van der Waals surface area contributed by atoms with Crippen LogP contribution in [0, 0.1) is 13.8 Å². The minimum absolute atomic E-state index is 0.0852. The van der Waals surface area contributed by atoms with Crippen molar-refractivity contribution in [3.8, 4) is 0 Å². The van der Waals surface area contributed by atoms with Gasteiger partial charge in [0.25, 0.3) is 0 Å². The van der Waals surface area contributed by atoms with Crippen molar-refractivity contribution in [3.05, 3.63) is 34.9 Å². The number of amides is 1. The predicted octanol–water partition coefficient (Wildman–Crippen LogP) is 1.36. The SMILES string of the molecule is Cc1ccc(C)c(CC(=O)NC2COC2)c1. The molecule has 1 N–H and O–H groups in total. The molecule has 1 aliphatic rings. The topological polar surface area (TPSA) is 38.3 Å². The lowest BCUT2D eigenvalue weighted by Crippen LogP contribution is -2.49. The molecule has 1 fully saturated rings. The molecule has 1 aromatic carbocycles. The van der Waals surface area contributed by atoms with Crippen LogP contribution in [0.1, 0.15) is 16.7 Å². The number of nitrogens with one attached hydrogen (secondary N) is 1. The van der Waals surface area contributed by atoms with Crippen molar-refractivity contribution in [1.29, 1.82) is 0 Å². The van der Waals surface area contributed by atoms with E-state index in [1.54, 1.807) is 0 Å². The summed E-state index contributed by atoms with van der Waals surface area (Å²) in [5.74, 6) is 0.0852. The summed E-state index contributed by atoms with van der Waals surface area (Å²) in [5.41, 5.74) is 3.48. The second kappa shape index (κ2) is 4.66. The molecule has 1 aromatic rings. The first-order chi connectivity index (χ1) is 7.65. The van der Waals surface area contributed by atoms with E-state index in [0.29, 0.717) is 19.6 Å². The van der Waals surface area contributed by atoms with Crippen LogP contribution in [0.4, 0.5) is 0 Å². The van der Waals surface area contributed by atoms with Gasteiger partial charge in [-0.2, -0.15) is 0 Å². The summed E-state index contributed by atoms with van der Waals surface area (Å²) in [6.45, 7) is 5.38. The lowest BCUT2D eigenvalue weighted by atomic mass is 10.0. The van der Waals surface area contributed by atoms with Crippen molar-refractivity contribution < 1.29 is 9.53 Å². The van der Waals surface area contributed by atoms with Gasteiger partial charge < -0.3 is 10.1 Å². The zero-order valence-electron chi connectivity index (χ0n) is 9.75. The van der Waals surface area contributed by atoms with Crippen LogP contribution in [0.25, 0.3) is 0 Å². The number of carbonyl (C=O) groups is 1. The first-order valence-electron chi connectivity index (χ1n) is 5.58. The van der Waals surface area contributed by atoms with Crippen LogP contribution in [0.2, 0.25) is 0 Å². The molecule has 0 atom stereocenters. The van der Waals surface area contributed by atoms with Crippen molar-refractivity contribution in [2.24, 2.45) is 0 Å². The Hall–Kier alpha value is -1.35. The van der Waals surface area contributed by atoms with E-state index in [1.165, 1.54) is 11.1 Å². The number of aryl methyl sites for hydroxylation is 2. The number of benzene rings is 1. The molecule has 2 rings (SSSR count). The number of carbonyl (C=O) groups excluding carboxylic acids is 1. The molecule has 0 aliphatic carbocycles. The van der Waals surface area contributed by atoms with Crippen molar-refractivity contribution in [1.82, 2.24) is 5.32 Å². The molecule has 0 unspecified atom stereocenters. The Morgan fingerprint density at radius 2 is 2.19 bits per heavy atom. The van der Waals surface area contributed by atoms with Gasteiger partial charge in [0.1, 0.15) is 0 Å². The number of ether oxygens (including phenoxy) is 1. The van der Waals surface area contributed by atoms with Gasteiger partial charge in [-0.25, -0.2) is 0 Å². The second-order valence-electron chi connectivity index (χ2n) is 4.41. The minimum Gasteiger partial charge on any atom is -0.377 e. The predicted molar refractivity (Wildman–Crippen MR) is 62.4 cm³/mol. The summed E-state index contributed by atoms with van der Waals surface area (Å²) < 4.78 is 5.01. The zero-order chi connectivity index (χ0) is 11.5. The van der Waals surface area contributed by atoms with Gasteiger partial charge in [0.15, 0.2) is 0 Å². The summed E-state index contributed by atoms with van der Waals surface area (Å²) >= 11 is 0. The maximum absolute atomic E-state index is 11.7. The van der Waals surface area contributed by atoms with E-state index in [9.17, 15) is 4.79 Å². The van der Waals surface area contributed by atoms with Crippen molar-refractivity contribution >= 4 is 5.91 Å².